The average molecular weight is 333 g/mol. The molecule has 1 rings (SSSR count). The molecule has 24 heavy (non-hydrogen) atoms. The number of hydrogen-bond donors (Lipinski definition) is 0. The topological polar surface area (TPSA) is 6.48 Å². The fourth-order valence-corrected chi connectivity index (χ4v) is 3.20. The lowest BCUT2D eigenvalue weighted by Crippen LogP contribution is -2.18. The predicted molar refractivity (Wildman–Crippen MR) is 108 cm³/mol. The second-order valence-corrected chi connectivity index (χ2v) is 7.56. The first-order chi connectivity index (χ1) is 11.7. The Balaban J connectivity index is 1.82. The van der Waals surface area contributed by atoms with Crippen LogP contribution >= 0.6 is 0 Å². The largest absolute Gasteiger partial charge is 0.309 e. The maximum absolute atomic E-state index is 2.45. The van der Waals surface area contributed by atoms with Gasteiger partial charge in [-0.3, -0.25) is 0 Å². The van der Waals surface area contributed by atoms with Crippen molar-refractivity contribution in [1.82, 2.24) is 9.80 Å². The van der Waals surface area contributed by atoms with Gasteiger partial charge in [-0.05, 0) is 52.6 Å². The third kappa shape index (κ3) is 12.5. The summed E-state index contributed by atoms with van der Waals surface area (Å²) in [6.07, 6.45) is 14.1. The Bertz CT molecular complexity index is 375. The van der Waals surface area contributed by atoms with Gasteiger partial charge in [0.05, 0.1) is 0 Å². The van der Waals surface area contributed by atoms with Crippen molar-refractivity contribution >= 4 is 0 Å². The molecule has 0 bridgehead atoms. The van der Waals surface area contributed by atoms with E-state index >= 15 is 0 Å². The third-order valence-corrected chi connectivity index (χ3v) is 4.69. The van der Waals surface area contributed by atoms with Gasteiger partial charge in [0.15, 0.2) is 0 Å². The minimum Gasteiger partial charge on any atom is -0.309 e. The van der Waals surface area contributed by atoms with E-state index in [0.29, 0.717) is 0 Å². The highest BCUT2D eigenvalue weighted by Gasteiger charge is 2.00. The standard InChI is InChI=1S/C22H40N2/c1-23(2)19-15-10-8-6-4-5-7-9-11-16-20-24(3)21-22-17-13-12-14-18-22/h12-14,17-18H,4-11,15-16,19-21H2,1-3H3. The number of rotatable bonds is 15. The molecule has 0 fully saturated rings. The summed E-state index contributed by atoms with van der Waals surface area (Å²) in [4.78, 5) is 4.74. The van der Waals surface area contributed by atoms with Crippen LogP contribution in [0.2, 0.25) is 0 Å². The average Bonchev–Trinajstić information content (AvgIpc) is 2.56. The molecule has 2 nitrogen and oxygen atoms in total. The zero-order valence-corrected chi connectivity index (χ0v) is 16.5. The van der Waals surface area contributed by atoms with E-state index in [0.717, 1.165) is 6.54 Å². The van der Waals surface area contributed by atoms with Crippen LogP contribution in [0.5, 0.6) is 0 Å². The molecular formula is C22H40N2. The van der Waals surface area contributed by atoms with Crippen LogP contribution < -0.4 is 0 Å². The van der Waals surface area contributed by atoms with Crippen LogP contribution in [0.25, 0.3) is 0 Å². The van der Waals surface area contributed by atoms with Crippen LogP contribution in [0.3, 0.4) is 0 Å². The van der Waals surface area contributed by atoms with Gasteiger partial charge >= 0.3 is 0 Å². The lowest BCUT2D eigenvalue weighted by molar-refractivity contribution is 0.316. The zero-order valence-electron chi connectivity index (χ0n) is 16.5. The summed E-state index contributed by atoms with van der Waals surface area (Å²) < 4.78 is 0. The Labute approximate surface area is 151 Å². The van der Waals surface area contributed by atoms with Gasteiger partial charge < -0.3 is 9.80 Å². The van der Waals surface area contributed by atoms with E-state index in [1.807, 2.05) is 0 Å². The molecule has 2 heteroatoms. The SMILES string of the molecule is CN(C)CCCCCCCCCCCCN(C)Cc1ccccc1. The molecule has 0 aromatic heterocycles. The summed E-state index contributed by atoms with van der Waals surface area (Å²) in [6.45, 7) is 3.55. The Hall–Kier alpha value is -0.860. The fraction of sp³-hybridized carbons (Fsp3) is 0.727. The van der Waals surface area contributed by atoms with E-state index in [4.69, 9.17) is 0 Å². The van der Waals surface area contributed by atoms with Gasteiger partial charge in [-0.15, -0.1) is 0 Å². The van der Waals surface area contributed by atoms with Crippen LogP contribution in [-0.4, -0.2) is 44.0 Å². The molecule has 0 amide bonds. The second kappa shape index (κ2) is 14.5. The molecule has 0 atom stereocenters. The van der Waals surface area contributed by atoms with Crippen molar-refractivity contribution in [2.75, 3.05) is 34.2 Å². The van der Waals surface area contributed by atoms with Gasteiger partial charge in [-0.25, -0.2) is 0 Å². The van der Waals surface area contributed by atoms with Gasteiger partial charge in [0.2, 0.25) is 0 Å². The smallest absolute Gasteiger partial charge is 0.0230 e. The van der Waals surface area contributed by atoms with Gasteiger partial charge in [0, 0.05) is 6.54 Å². The van der Waals surface area contributed by atoms with E-state index in [2.05, 4.69) is 61.3 Å². The first-order valence-corrected chi connectivity index (χ1v) is 10.1. The van der Waals surface area contributed by atoms with E-state index in [1.165, 1.54) is 82.9 Å². The highest BCUT2D eigenvalue weighted by Crippen LogP contribution is 2.11. The van der Waals surface area contributed by atoms with Crippen molar-refractivity contribution < 1.29 is 0 Å². The quantitative estimate of drug-likeness (QED) is 0.387. The molecule has 0 spiro atoms. The van der Waals surface area contributed by atoms with Crippen molar-refractivity contribution in [2.24, 2.45) is 0 Å². The molecule has 1 aromatic rings. The molecule has 0 N–H and O–H groups in total. The van der Waals surface area contributed by atoms with E-state index in [-0.39, 0.29) is 0 Å². The van der Waals surface area contributed by atoms with Crippen molar-refractivity contribution in [3.8, 4) is 0 Å². The predicted octanol–water partition coefficient (Wildman–Crippen LogP) is 5.58. The lowest BCUT2D eigenvalue weighted by atomic mass is 10.1. The molecular weight excluding hydrogens is 292 g/mol. The third-order valence-electron chi connectivity index (χ3n) is 4.69. The molecule has 0 aliphatic carbocycles. The van der Waals surface area contributed by atoms with E-state index < -0.39 is 0 Å². The molecule has 1 aromatic carbocycles. The number of hydrogen-bond acceptors (Lipinski definition) is 2. The molecule has 0 saturated carbocycles. The maximum atomic E-state index is 2.45. The van der Waals surface area contributed by atoms with Crippen LogP contribution in [-0.2, 0) is 6.54 Å². The normalized spacial score (nSPS) is 11.5. The summed E-state index contributed by atoms with van der Waals surface area (Å²) in [5.74, 6) is 0. The van der Waals surface area contributed by atoms with Gasteiger partial charge in [0.1, 0.15) is 0 Å². The van der Waals surface area contributed by atoms with Crippen LogP contribution in [0, 0.1) is 0 Å². The van der Waals surface area contributed by atoms with E-state index in [9.17, 15) is 0 Å². The molecule has 138 valence electrons. The number of unbranched alkanes of at least 4 members (excludes halogenated alkanes) is 9. The van der Waals surface area contributed by atoms with E-state index in [1.54, 1.807) is 0 Å². The monoisotopic (exact) mass is 332 g/mol. The molecule has 0 unspecified atom stereocenters. The van der Waals surface area contributed by atoms with Crippen molar-refractivity contribution in [3.63, 3.8) is 0 Å². The molecule has 0 saturated heterocycles. The summed E-state index contributed by atoms with van der Waals surface area (Å²) in [7, 11) is 6.57. The fourth-order valence-electron chi connectivity index (χ4n) is 3.20. The highest BCUT2D eigenvalue weighted by molar-refractivity contribution is 5.14. The number of nitrogens with zero attached hydrogens (tertiary/aromatic N) is 2. The molecule has 0 aliphatic rings. The zero-order chi connectivity index (χ0) is 17.5. The Morgan fingerprint density at radius 1 is 0.583 bits per heavy atom. The Morgan fingerprint density at radius 3 is 1.54 bits per heavy atom. The van der Waals surface area contributed by atoms with Crippen LogP contribution in [0.1, 0.15) is 69.8 Å². The highest BCUT2D eigenvalue weighted by atomic mass is 15.1. The molecule has 0 heterocycles. The Morgan fingerprint density at radius 2 is 1.04 bits per heavy atom. The summed E-state index contributed by atoms with van der Waals surface area (Å²) in [5.41, 5.74) is 1.42. The Kier molecular flexibility index (Phi) is 12.8. The van der Waals surface area contributed by atoms with Gasteiger partial charge in [-0.2, -0.15) is 0 Å². The minimum atomic E-state index is 1.08. The minimum absolute atomic E-state index is 1.08. The first kappa shape index (κ1) is 21.2. The summed E-state index contributed by atoms with van der Waals surface area (Å²) in [6, 6.07) is 10.8. The van der Waals surface area contributed by atoms with Crippen LogP contribution in [0.4, 0.5) is 0 Å². The lowest BCUT2D eigenvalue weighted by Gasteiger charge is -2.16. The van der Waals surface area contributed by atoms with Gasteiger partial charge in [0.25, 0.3) is 0 Å². The number of benzene rings is 1. The molecule has 0 aliphatic heterocycles. The van der Waals surface area contributed by atoms with Crippen LogP contribution in [0.15, 0.2) is 30.3 Å². The summed E-state index contributed by atoms with van der Waals surface area (Å²) in [5, 5.41) is 0. The van der Waals surface area contributed by atoms with Crippen molar-refractivity contribution in [2.45, 2.75) is 70.8 Å². The van der Waals surface area contributed by atoms with Crippen molar-refractivity contribution in [3.05, 3.63) is 35.9 Å². The summed E-state index contributed by atoms with van der Waals surface area (Å²) >= 11 is 0. The van der Waals surface area contributed by atoms with Crippen molar-refractivity contribution in [1.29, 1.82) is 0 Å². The van der Waals surface area contributed by atoms with Gasteiger partial charge in [-0.1, -0.05) is 81.7 Å². The molecule has 0 radical (unpaired) electrons. The second-order valence-electron chi connectivity index (χ2n) is 7.56. The first-order valence-electron chi connectivity index (χ1n) is 10.1. The maximum Gasteiger partial charge on any atom is 0.0230 e.